The quantitative estimate of drug-likeness (QED) is 0.490. The average molecular weight is 544 g/mol. The highest BCUT2D eigenvalue weighted by Gasteiger charge is 2.72. The van der Waals surface area contributed by atoms with E-state index in [1.54, 1.807) is 29.2 Å². The molecular weight excluding hydrogens is 506 g/mol. The molecule has 1 spiro atoms. The monoisotopic (exact) mass is 543 g/mol. The highest BCUT2D eigenvalue weighted by molar-refractivity contribution is 6.02. The van der Waals surface area contributed by atoms with Gasteiger partial charge in [-0.1, -0.05) is 62.2 Å². The zero-order valence-corrected chi connectivity index (χ0v) is 23.0. The van der Waals surface area contributed by atoms with E-state index in [0.717, 1.165) is 24.8 Å². The smallest absolute Gasteiger partial charge is 0.246 e. The van der Waals surface area contributed by atoms with Gasteiger partial charge in [-0.25, -0.2) is 0 Å². The molecule has 8 nitrogen and oxygen atoms in total. The lowest BCUT2D eigenvalue weighted by Gasteiger charge is -2.36. The second-order valence-electron chi connectivity index (χ2n) is 11.5. The van der Waals surface area contributed by atoms with Crippen LogP contribution in [0.3, 0.4) is 0 Å². The number of amides is 3. The van der Waals surface area contributed by atoms with Crippen LogP contribution >= 0.6 is 0 Å². The van der Waals surface area contributed by atoms with E-state index in [1.807, 2.05) is 49.4 Å². The number of carbonyl (C=O) groups is 3. The maximum absolute atomic E-state index is 14.2. The number of ether oxygens (including phenoxy) is 2. The second kappa shape index (κ2) is 10.7. The Morgan fingerprint density at radius 1 is 1.05 bits per heavy atom. The number of nitrogens with zero attached hydrogens (tertiary/aromatic N) is 1. The van der Waals surface area contributed by atoms with Crippen molar-refractivity contribution in [2.75, 3.05) is 11.9 Å². The highest BCUT2D eigenvalue weighted by Crippen LogP contribution is 2.55. The molecule has 3 fully saturated rings. The largest absolute Gasteiger partial charge is 0.494 e. The predicted octanol–water partition coefficient (Wildman–Crippen LogP) is 4.07. The van der Waals surface area contributed by atoms with Crippen molar-refractivity contribution >= 4 is 23.4 Å². The van der Waals surface area contributed by atoms with Crippen molar-refractivity contribution in [1.29, 1.82) is 0 Å². The first-order valence-electron chi connectivity index (χ1n) is 14.5. The van der Waals surface area contributed by atoms with Crippen LogP contribution < -0.4 is 15.4 Å². The van der Waals surface area contributed by atoms with Crippen molar-refractivity contribution in [3.8, 4) is 5.75 Å². The number of rotatable bonds is 8. The summed E-state index contributed by atoms with van der Waals surface area (Å²) in [5.41, 5.74) is 0.352. The standard InChI is InChI=1S/C32H37N3O5/c1-3-39-23-15-13-22(14-16-23)33-29(36)26-25-17-18-32(40-25)27(26)31(38)35(19-21-10-5-4-6-11-21)28(32)30(37)34-24-12-8-7-9-20(24)2/h4-6,10-11,13-18,20,24-28H,3,7-9,12,19H2,1-2H3,(H,33,36)(H,34,37)/t20-,24+,25+,26-,27+,28+,32+/m1/s1. The lowest BCUT2D eigenvalue weighted by atomic mass is 9.74. The molecule has 2 saturated heterocycles. The highest BCUT2D eigenvalue weighted by atomic mass is 16.5. The van der Waals surface area contributed by atoms with Crippen LogP contribution in [0.1, 0.15) is 45.1 Å². The Bertz CT molecular complexity index is 1300. The number of nitrogens with one attached hydrogen (secondary N) is 2. The molecule has 2 aromatic rings. The summed E-state index contributed by atoms with van der Waals surface area (Å²) in [4.78, 5) is 43.5. The summed E-state index contributed by atoms with van der Waals surface area (Å²) in [6.07, 6.45) is 7.38. The molecule has 0 unspecified atom stereocenters. The Kier molecular flexibility index (Phi) is 7.13. The van der Waals surface area contributed by atoms with Gasteiger partial charge in [-0.05, 0) is 55.5 Å². The topological polar surface area (TPSA) is 97.0 Å². The minimum Gasteiger partial charge on any atom is -0.494 e. The second-order valence-corrected chi connectivity index (χ2v) is 11.5. The summed E-state index contributed by atoms with van der Waals surface area (Å²) in [7, 11) is 0. The Labute approximate surface area is 235 Å². The normalized spacial score (nSPS) is 32.1. The number of fused-ring (bicyclic) bond motifs is 1. The summed E-state index contributed by atoms with van der Waals surface area (Å²) in [6.45, 7) is 4.91. The molecular formula is C32H37N3O5. The molecule has 3 heterocycles. The number of hydrogen-bond donors (Lipinski definition) is 2. The average Bonchev–Trinajstić information content (AvgIpc) is 3.59. The fraction of sp³-hybridized carbons (Fsp3) is 0.469. The molecule has 8 heteroatoms. The first kappa shape index (κ1) is 26.6. The lowest BCUT2D eigenvalue weighted by molar-refractivity contribution is -0.142. The van der Waals surface area contributed by atoms with E-state index < -0.39 is 29.6 Å². The van der Waals surface area contributed by atoms with E-state index in [1.165, 1.54) is 6.42 Å². The predicted molar refractivity (Wildman–Crippen MR) is 150 cm³/mol. The van der Waals surface area contributed by atoms with Crippen molar-refractivity contribution in [2.45, 2.75) is 69.9 Å². The first-order chi connectivity index (χ1) is 19.4. The van der Waals surface area contributed by atoms with Crippen molar-refractivity contribution in [2.24, 2.45) is 17.8 Å². The minimum absolute atomic E-state index is 0.0618. The van der Waals surface area contributed by atoms with Crippen LogP contribution in [0.25, 0.3) is 0 Å². The van der Waals surface area contributed by atoms with E-state index in [9.17, 15) is 14.4 Å². The molecule has 2 N–H and O–H groups in total. The van der Waals surface area contributed by atoms with Crippen LogP contribution in [-0.4, -0.2) is 53.0 Å². The number of likely N-dealkylation sites (tertiary alicyclic amines) is 1. The Morgan fingerprint density at radius 3 is 2.52 bits per heavy atom. The van der Waals surface area contributed by atoms with Crippen LogP contribution in [0, 0.1) is 17.8 Å². The number of hydrogen-bond acceptors (Lipinski definition) is 5. The Hall–Kier alpha value is -3.65. The number of carbonyl (C=O) groups excluding carboxylic acids is 3. The van der Waals surface area contributed by atoms with Crippen LogP contribution in [0.2, 0.25) is 0 Å². The minimum atomic E-state index is -1.18. The van der Waals surface area contributed by atoms with Gasteiger partial charge in [-0.2, -0.15) is 0 Å². The van der Waals surface area contributed by atoms with Gasteiger partial charge in [0.1, 0.15) is 17.4 Å². The van der Waals surface area contributed by atoms with Crippen LogP contribution in [0.5, 0.6) is 5.75 Å². The van der Waals surface area contributed by atoms with E-state index in [2.05, 4.69) is 17.6 Å². The van der Waals surface area contributed by atoms with Crippen molar-refractivity contribution in [1.82, 2.24) is 10.2 Å². The van der Waals surface area contributed by atoms with Gasteiger partial charge in [0, 0.05) is 18.3 Å². The molecule has 3 amide bonds. The van der Waals surface area contributed by atoms with E-state index >= 15 is 0 Å². The number of anilines is 1. The zero-order valence-electron chi connectivity index (χ0n) is 23.0. The molecule has 1 aliphatic carbocycles. The molecule has 6 rings (SSSR count). The van der Waals surface area contributed by atoms with Gasteiger partial charge in [0.2, 0.25) is 17.7 Å². The van der Waals surface area contributed by atoms with Gasteiger partial charge in [0.05, 0.1) is 24.5 Å². The SMILES string of the molecule is CCOc1ccc(NC(=O)[C@@H]2[C@@H]3C=C[C@]4(O3)[C@@H]2C(=O)N(Cc2ccccc2)[C@H]4C(=O)N[C@H]2CCCC[C@H]2C)cc1. The molecule has 3 aliphatic heterocycles. The van der Waals surface area contributed by atoms with E-state index in [4.69, 9.17) is 9.47 Å². The zero-order chi connectivity index (χ0) is 27.9. The van der Waals surface area contributed by atoms with Crippen molar-refractivity contribution in [3.05, 3.63) is 72.3 Å². The van der Waals surface area contributed by atoms with Crippen LogP contribution in [0.15, 0.2) is 66.7 Å². The van der Waals surface area contributed by atoms with Crippen molar-refractivity contribution < 1.29 is 23.9 Å². The van der Waals surface area contributed by atoms with E-state index in [0.29, 0.717) is 24.0 Å². The van der Waals surface area contributed by atoms with Crippen molar-refractivity contribution in [3.63, 3.8) is 0 Å². The lowest BCUT2D eigenvalue weighted by Crippen LogP contribution is -2.57. The van der Waals surface area contributed by atoms with Gasteiger partial charge in [-0.15, -0.1) is 0 Å². The molecule has 2 bridgehead atoms. The summed E-state index contributed by atoms with van der Waals surface area (Å²) >= 11 is 0. The Morgan fingerprint density at radius 2 is 1.80 bits per heavy atom. The Balaban J connectivity index is 1.29. The molecule has 210 valence electrons. The third-order valence-corrected chi connectivity index (χ3v) is 8.99. The third-order valence-electron chi connectivity index (χ3n) is 8.99. The number of benzene rings is 2. The first-order valence-corrected chi connectivity index (χ1v) is 14.5. The molecule has 0 radical (unpaired) electrons. The molecule has 1 saturated carbocycles. The molecule has 2 aromatic carbocycles. The fourth-order valence-electron chi connectivity index (χ4n) is 7.04. The van der Waals surface area contributed by atoms with Crippen LogP contribution in [-0.2, 0) is 25.7 Å². The van der Waals surface area contributed by atoms with E-state index in [-0.39, 0.29) is 30.3 Å². The summed E-state index contributed by atoms with van der Waals surface area (Å²) in [5, 5.41) is 6.25. The summed E-state index contributed by atoms with van der Waals surface area (Å²) in [5.74, 6) is -1.16. The van der Waals surface area contributed by atoms with Gasteiger partial charge in [0.25, 0.3) is 0 Å². The third kappa shape index (κ3) is 4.58. The maximum Gasteiger partial charge on any atom is 0.246 e. The fourth-order valence-corrected chi connectivity index (χ4v) is 7.04. The summed E-state index contributed by atoms with van der Waals surface area (Å²) < 4.78 is 12.0. The van der Waals surface area contributed by atoms with Gasteiger partial charge < -0.3 is 25.0 Å². The molecule has 40 heavy (non-hydrogen) atoms. The van der Waals surface area contributed by atoms with Gasteiger partial charge in [-0.3, -0.25) is 14.4 Å². The van der Waals surface area contributed by atoms with Crippen LogP contribution in [0.4, 0.5) is 5.69 Å². The van der Waals surface area contributed by atoms with Gasteiger partial charge >= 0.3 is 0 Å². The molecule has 0 aromatic heterocycles. The van der Waals surface area contributed by atoms with Gasteiger partial charge in [0.15, 0.2) is 0 Å². The summed E-state index contributed by atoms with van der Waals surface area (Å²) in [6, 6.07) is 16.0. The molecule has 7 atom stereocenters. The maximum atomic E-state index is 14.2. The molecule has 4 aliphatic rings.